The molecule has 0 fully saturated rings. The molecule has 0 N–H and O–H groups in total. The first-order valence-electron chi connectivity index (χ1n) is 20.0. The Labute approximate surface area is 347 Å². The number of hydrogen-bond acceptors (Lipinski definition) is 2. The normalized spacial score (nSPS) is 14.4. The molecule has 0 saturated carbocycles. The van der Waals surface area contributed by atoms with Gasteiger partial charge in [0.05, 0.1) is 0 Å². The van der Waals surface area contributed by atoms with E-state index in [1.165, 1.54) is 63.7 Å². The summed E-state index contributed by atoms with van der Waals surface area (Å²) in [6.45, 7) is 0. The molecule has 0 saturated heterocycles. The molecule has 2 aliphatic heterocycles. The van der Waals surface area contributed by atoms with Crippen molar-refractivity contribution in [3.05, 3.63) is 231 Å². The van der Waals surface area contributed by atoms with Gasteiger partial charge in [-0.15, -0.1) is 0 Å². The monoisotopic (exact) mass is 789 g/mol. The summed E-state index contributed by atoms with van der Waals surface area (Å²) in [5.74, 6) is 0. The van der Waals surface area contributed by atoms with E-state index in [2.05, 4.69) is 235 Å². The van der Waals surface area contributed by atoms with E-state index in [0.717, 1.165) is 11.4 Å². The first kappa shape index (κ1) is 34.8. The van der Waals surface area contributed by atoms with Gasteiger partial charge in [-0.05, 0) is 97.6 Å². The molecule has 4 heteroatoms. The number of fused-ring (bicyclic) bond motifs is 8. The van der Waals surface area contributed by atoms with Crippen molar-refractivity contribution in [3.8, 4) is 22.3 Å². The summed E-state index contributed by atoms with van der Waals surface area (Å²) in [7, 11) is -4.73. The van der Waals surface area contributed by atoms with Crippen LogP contribution in [0.1, 0.15) is 0 Å². The number of benzene rings is 9. The zero-order chi connectivity index (χ0) is 38.5. The van der Waals surface area contributed by atoms with E-state index in [9.17, 15) is 0 Å². The molecule has 2 aliphatic rings. The third-order valence-electron chi connectivity index (χ3n) is 12.0. The van der Waals surface area contributed by atoms with E-state index in [0.29, 0.717) is 0 Å². The Hall–Kier alpha value is -6.44. The highest BCUT2D eigenvalue weighted by molar-refractivity contribution is 8.00. The van der Waals surface area contributed by atoms with Crippen molar-refractivity contribution in [1.29, 1.82) is 0 Å². The fourth-order valence-corrected chi connectivity index (χ4v) is 22.0. The van der Waals surface area contributed by atoms with Crippen LogP contribution in [0.25, 0.3) is 22.3 Å². The highest BCUT2D eigenvalue weighted by Gasteiger charge is 2.52. The lowest BCUT2D eigenvalue weighted by molar-refractivity contribution is 1.29. The number of anilines is 3. The standard InChI is InChI=1S/C54H39NSSi2/c1-5-19-39(20-6-1)41-35-42(40-21-7-2-8-22-40)37-45(36-41)55(43-23-9-3-10-24-43)44-33-34-54-50(38-44)57(46-25-11-4-12-26-46)49-29-15-18-32-53(49)58(54)51-30-16-13-27-47(51)56-48-28-14-17-31-52(48)58/h1-38,57H. The summed E-state index contributed by atoms with van der Waals surface area (Å²) in [6.07, 6.45) is 0. The Morgan fingerprint density at radius 1 is 0.328 bits per heavy atom. The van der Waals surface area contributed by atoms with E-state index in [1.54, 1.807) is 10.4 Å². The maximum atomic E-state index is 2.60. The Morgan fingerprint density at radius 3 is 1.41 bits per heavy atom. The van der Waals surface area contributed by atoms with Crippen LogP contribution in [-0.2, 0) is 0 Å². The molecular formula is C54H39NSSi2. The van der Waals surface area contributed by atoms with Crippen LogP contribution < -0.4 is 41.2 Å². The molecule has 1 nitrogen and oxygen atoms in total. The number of para-hydroxylation sites is 1. The van der Waals surface area contributed by atoms with Gasteiger partial charge in [0.25, 0.3) is 0 Å². The lowest BCUT2D eigenvalue weighted by atomic mass is 9.97. The van der Waals surface area contributed by atoms with Crippen LogP contribution in [0.3, 0.4) is 0 Å². The van der Waals surface area contributed by atoms with Gasteiger partial charge >= 0.3 is 0 Å². The van der Waals surface area contributed by atoms with Crippen LogP contribution in [0.5, 0.6) is 0 Å². The smallest absolute Gasteiger partial charge is 0.181 e. The lowest BCUT2D eigenvalue weighted by Gasteiger charge is -2.46. The number of rotatable bonds is 6. The Balaban J connectivity index is 1.22. The molecule has 9 aromatic rings. The summed E-state index contributed by atoms with van der Waals surface area (Å²) in [4.78, 5) is 5.26. The Kier molecular flexibility index (Phi) is 8.69. The molecule has 9 aromatic carbocycles. The summed E-state index contributed by atoms with van der Waals surface area (Å²) in [5, 5.41) is 10.6. The van der Waals surface area contributed by atoms with Gasteiger partial charge < -0.3 is 4.90 Å². The van der Waals surface area contributed by atoms with Crippen LogP contribution in [-0.4, -0.2) is 16.9 Å². The van der Waals surface area contributed by atoms with E-state index < -0.39 is 16.9 Å². The van der Waals surface area contributed by atoms with Gasteiger partial charge in [0.2, 0.25) is 0 Å². The zero-order valence-corrected chi connectivity index (χ0v) is 34.8. The molecule has 0 aliphatic carbocycles. The molecule has 1 atom stereocenters. The highest BCUT2D eigenvalue weighted by Crippen LogP contribution is 2.40. The van der Waals surface area contributed by atoms with Crippen LogP contribution >= 0.6 is 11.8 Å². The molecular weight excluding hydrogens is 751 g/mol. The molecule has 274 valence electrons. The number of nitrogens with zero attached hydrogens (tertiary/aromatic N) is 1. The largest absolute Gasteiger partial charge is 0.310 e. The van der Waals surface area contributed by atoms with Crippen molar-refractivity contribution in [2.45, 2.75) is 9.79 Å². The molecule has 0 amide bonds. The van der Waals surface area contributed by atoms with Gasteiger partial charge in [-0.3, -0.25) is 0 Å². The second-order valence-electron chi connectivity index (χ2n) is 15.2. The Bertz CT molecular complexity index is 2830. The fourth-order valence-electron chi connectivity index (χ4n) is 9.61. The second-order valence-corrected chi connectivity index (χ2v) is 22.7. The summed E-state index contributed by atoms with van der Waals surface area (Å²) in [5.41, 5.74) is 8.25. The summed E-state index contributed by atoms with van der Waals surface area (Å²) in [6, 6.07) is 86.7. The maximum Gasteiger partial charge on any atom is 0.181 e. The fraction of sp³-hybridized carbons (Fsp3) is 0. The minimum Gasteiger partial charge on any atom is -0.310 e. The molecule has 58 heavy (non-hydrogen) atoms. The predicted octanol–water partition coefficient (Wildman–Crippen LogP) is 8.89. The third-order valence-corrected chi connectivity index (χ3v) is 22.4. The minimum absolute atomic E-state index is 1.14. The molecule has 0 radical (unpaired) electrons. The van der Waals surface area contributed by atoms with Crippen LogP contribution in [0, 0.1) is 0 Å². The summed E-state index contributed by atoms with van der Waals surface area (Å²) >= 11 is 1.94. The van der Waals surface area contributed by atoms with E-state index >= 15 is 0 Å². The molecule has 2 heterocycles. The second kappa shape index (κ2) is 14.5. The minimum atomic E-state index is -2.75. The van der Waals surface area contributed by atoms with Gasteiger partial charge in [0.15, 0.2) is 8.07 Å². The van der Waals surface area contributed by atoms with Crippen molar-refractivity contribution in [2.24, 2.45) is 0 Å². The molecule has 1 spiro atoms. The predicted molar refractivity (Wildman–Crippen MR) is 252 cm³/mol. The zero-order valence-electron chi connectivity index (χ0n) is 31.9. The Morgan fingerprint density at radius 2 is 0.810 bits per heavy atom. The van der Waals surface area contributed by atoms with E-state index in [4.69, 9.17) is 0 Å². The molecule has 0 aromatic heterocycles. The lowest BCUT2D eigenvalue weighted by Crippen LogP contribution is -2.87. The first-order valence-corrected chi connectivity index (χ1v) is 24.6. The topological polar surface area (TPSA) is 3.24 Å². The van der Waals surface area contributed by atoms with Crippen molar-refractivity contribution in [1.82, 2.24) is 0 Å². The molecule has 1 unspecified atom stereocenters. The van der Waals surface area contributed by atoms with Gasteiger partial charge in [-0.1, -0.05) is 203 Å². The molecule has 11 rings (SSSR count). The van der Waals surface area contributed by atoms with Gasteiger partial charge in [0.1, 0.15) is 8.80 Å². The van der Waals surface area contributed by atoms with Gasteiger partial charge in [0, 0.05) is 26.9 Å². The quantitative estimate of drug-likeness (QED) is 0.155. The average molecular weight is 790 g/mol. The van der Waals surface area contributed by atoms with Crippen LogP contribution in [0.2, 0.25) is 0 Å². The van der Waals surface area contributed by atoms with Crippen LogP contribution in [0.15, 0.2) is 240 Å². The summed E-state index contributed by atoms with van der Waals surface area (Å²) < 4.78 is 0. The van der Waals surface area contributed by atoms with Crippen molar-refractivity contribution in [3.63, 3.8) is 0 Å². The van der Waals surface area contributed by atoms with Crippen molar-refractivity contribution >= 4 is 82.0 Å². The van der Waals surface area contributed by atoms with Gasteiger partial charge in [-0.2, -0.15) is 0 Å². The van der Waals surface area contributed by atoms with Crippen molar-refractivity contribution in [2.75, 3.05) is 4.90 Å². The third kappa shape index (κ3) is 5.67. The molecule has 0 bridgehead atoms. The average Bonchev–Trinajstić information content (AvgIpc) is 3.30. The SMILES string of the molecule is c1ccc(-c2cc(-c3ccccc3)cc(N(c3ccccc3)c3ccc4c(c3)[SiH](c3ccccc3)c3ccccc3[Si]43c4ccccc4Sc4ccccc43)c2)cc1. The number of hydrogen-bond donors (Lipinski definition) is 0. The van der Waals surface area contributed by atoms with E-state index in [1.807, 2.05) is 11.8 Å². The maximum absolute atomic E-state index is 2.75. The van der Waals surface area contributed by atoms with Crippen molar-refractivity contribution < 1.29 is 0 Å². The van der Waals surface area contributed by atoms with Crippen LogP contribution in [0.4, 0.5) is 17.1 Å². The van der Waals surface area contributed by atoms with Gasteiger partial charge in [-0.25, -0.2) is 0 Å². The first-order chi connectivity index (χ1) is 28.8. The highest BCUT2D eigenvalue weighted by atomic mass is 32.2. The van der Waals surface area contributed by atoms with E-state index in [-0.39, 0.29) is 0 Å².